The smallest absolute Gasteiger partial charge is 0.258 e. The molecule has 0 aliphatic heterocycles. The zero-order valence-electron chi connectivity index (χ0n) is 17.3. The SMILES string of the molecule is CCc1oc2ccccc2c1CN(C)C(=O)CCCc1nc2ccccc2c(=O)[nH]1. The highest BCUT2D eigenvalue weighted by molar-refractivity contribution is 5.83. The average molecular weight is 403 g/mol. The monoisotopic (exact) mass is 403 g/mol. The molecule has 1 N–H and O–H groups in total. The van der Waals surface area contributed by atoms with Gasteiger partial charge in [-0.3, -0.25) is 9.59 Å². The van der Waals surface area contributed by atoms with Crippen molar-refractivity contribution < 1.29 is 9.21 Å². The molecule has 0 atom stereocenters. The number of nitrogens with one attached hydrogen (secondary N) is 1. The number of aryl methyl sites for hydroxylation is 2. The lowest BCUT2D eigenvalue weighted by molar-refractivity contribution is -0.130. The Balaban J connectivity index is 1.40. The summed E-state index contributed by atoms with van der Waals surface area (Å²) in [7, 11) is 1.82. The first-order chi connectivity index (χ1) is 14.6. The van der Waals surface area contributed by atoms with Crippen molar-refractivity contribution in [1.29, 1.82) is 0 Å². The Morgan fingerprint density at radius 2 is 1.83 bits per heavy atom. The number of hydrogen-bond donors (Lipinski definition) is 1. The van der Waals surface area contributed by atoms with Gasteiger partial charge in [-0.15, -0.1) is 0 Å². The Labute approximate surface area is 174 Å². The van der Waals surface area contributed by atoms with Gasteiger partial charge in [0.1, 0.15) is 17.2 Å². The van der Waals surface area contributed by atoms with Crippen molar-refractivity contribution in [1.82, 2.24) is 14.9 Å². The van der Waals surface area contributed by atoms with Crippen molar-refractivity contribution in [3.63, 3.8) is 0 Å². The molecule has 0 unspecified atom stereocenters. The number of para-hydroxylation sites is 2. The van der Waals surface area contributed by atoms with Gasteiger partial charge in [-0.1, -0.05) is 37.3 Å². The molecule has 2 aromatic carbocycles. The van der Waals surface area contributed by atoms with Crippen LogP contribution in [0.2, 0.25) is 0 Å². The summed E-state index contributed by atoms with van der Waals surface area (Å²) >= 11 is 0. The number of benzene rings is 2. The lowest BCUT2D eigenvalue weighted by Crippen LogP contribution is -2.26. The minimum absolute atomic E-state index is 0.0606. The van der Waals surface area contributed by atoms with E-state index in [4.69, 9.17) is 4.42 Å². The predicted molar refractivity (Wildman–Crippen MR) is 117 cm³/mol. The third-order valence-electron chi connectivity index (χ3n) is 5.39. The highest BCUT2D eigenvalue weighted by Crippen LogP contribution is 2.27. The lowest BCUT2D eigenvalue weighted by Gasteiger charge is -2.17. The molecule has 4 rings (SSSR count). The molecule has 6 heteroatoms. The summed E-state index contributed by atoms with van der Waals surface area (Å²) in [5.41, 5.74) is 2.47. The van der Waals surface area contributed by atoms with E-state index in [1.165, 1.54) is 0 Å². The normalized spacial score (nSPS) is 11.3. The van der Waals surface area contributed by atoms with Crippen LogP contribution in [0.25, 0.3) is 21.9 Å². The number of fused-ring (bicyclic) bond motifs is 2. The Kier molecular flexibility index (Phi) is 5.65. The lowest BCUT2D eigenvalue weighted by atomic mass is 10.1. The van der Waals surface area contributed by atoms with Crippen molar-refractivity contribution >= 4 is 27.8 Å². The van der Waals surface area contributed by atoms with E-state index < -0.39 is 0 Å². The Hall–Kier alpha value is -3.41. The van der Waals surface area contributed by atoms with Crippen LogP contribution in [-0.2, 0) is 24.2 Å². The molecule has 0 fully saturated rings. The van der Waals surface area contributed by atoms with Gasteiger partial charge in [0.2, 0.25) is 5.91 Å². The third kappa shape index (κ3) is 3.99. The number of aromatic amines is 1. The van der Waals surface area contributed by atoms with E-state index in [2.05, 4.69) is 16.9 Å². The number of carbonyl (C=O) groups excluding carboxylic acids is 1. The zero-order valence-corrected chi connectivity index (χ0v) is 17.3. The van der Waals surface area contributed by atoms with Crippen LogP contribution in [0.3, 0.4) is 0 Å². The maximum absolute atomic E-state index is 12.7. The minimum atomic E-state index is -0.141. The molecule has 2 heterocycles. The summed E-state index contributed by atoms with van der Waals surface area (Å²) in [5, 5.41) is 1.64. The van der Waals surface area contributed by atoms with Crippen molar-refractivity contribution in [2.75, 3.05) is 7.05 Å². The number of aromatic nitrogens is 2. The van der Waals surface area contributed by atoms with Crippen molar-refractivity contribution in [3.8, 4) is 0 Å². The standard InChI is InChI=1S/C24H25N3O3/c1-3-20-18(16-9-5-7-12-21(16)30-20)15-27(2)23(28)14-8-13-22-25-19-11-6-4-10-17(19)24(29)26-22/h4-7,9-12H,3,8,13-15H2,1-2H3,(H,25,26,29). The number of hydrogen-bond acceptors (Lipinski definition) is 4. The van der Waals surface area contributed by atoms with E-state index in [9.17, 15) is 9.59 Å². The van der Waals surface area contributed by atoms with E-state index in [0.29, 0.717) is 42.5 Å². The number of nitrogens with zero attached hydrogens (tertiary/aromatic N) is 2. The number of furan rings is 1. The number of amides is 1. The first kappa shape index (κ1) is 19.9. The summed E-state index contributed by atoms with van der Waals surface area (Å²) < 4.78 is 5.93. The topological polar surface area (TPSA) is 79.2 Å². The largest absolute Gasteiger partial charge is 0.461 e. The summed E-state index contributed by atoms with van der Waals surface area (Å²) in [4.78, 5) is 33.9. The number of rotatable bonds is 7. The van der Waals surface area contributed by atoms with Crippen molar-refractivity contribution in [3.05, 3.63) is 76.0 Å². The summed E-state index contributed by atoms with van der Waals surface area (Å²) in [6.45, 7) is 2.57. The summed E-state index contributed by atoms with van der Waals surface area (Å²) in [5.74, 6) is 1.60. The van der Waals surface area contributed by atoms with Crippen molar-refractivity contribution in [2.45, 2.75) is 39.2 Å². The fourth-order valence-corrected chi connectivity index (χ4v) is 3.78. The van der Waals surface area contributed by atoms with Crippen LogP contribution in [0.15, 0.2) is 57.7 Å². The molecular weight excluding hydrogens is 378 g/mol. The maximum atomic E-state index is 12.7. The second-order valence-corrected chi connectivity index (χ2v) is 7.49. The van der Waals surface area contributed by atoms with Crippen molar-refractivity contribution in [2.24, 2.45) is 0 Å². The fourth-order valence-electron chi connectivity index (χ4n) is 3.78. The highest BCUT2D eigenvalue weighted by Gasteiger charge is 2.17. The van der Waals surface area contributed by atoms with Gasteiger partial charge in [0.25, 0.3) is 5.56 Å². The van der Waals surface area contributed by atoms with Crippen LogP contribution in [0, 0.1) is 0 Å². The van der Waals surface area contributed by atoms with Crippen LogP contribution in [0.4, 0.5) is 0 Å². The molecule has 154 valence electrons. The molecule has 2 aromatic heterocycles. The number of H-pyrrole nitrogens is 1. The molecule has 4 aromatic rings. The second-order valence-electron chi connectivity index (χ2n) is 7.49. The van der Waals surface area contributed by atoms with Crippen LogP contribution in [0.1, 0.15) is 36.9 Å². The highest BCUT2D eigenvalue weighted by atomic mass is 16.3. The summed E-state index contributed by atoms with van der Waals surface area (Å²) in [6.07, 6.45) is 2.35. The van der Waals surface area contributed by atoms with Gasteiger partial charge in [0.05, 0.1) is 10.9 Å². The van der Waals surface area contributed by atoms with Crippen LogP contribution in [0.5, 0.6) is 0 Å². The van der Waals surface area contributed by atoms with E-state index >= 15 is 0 Å². The third-order valence-corrected chi connectivity index (χ3v) is 5.39. The van der Waals surface area contributed by atoms with Crippen LogP contribution >= 0.6 is 0 Å². The van der Waals surface area contributed by atoms with Gasteiger partial charge in [0, 0.05) is 43.8 Å². The van der Waals surface area contributed by atoms with E-state index in [1.54, 1.807) is 11.0 Å². The molecule has 0 aliphatic carbocycles. The fraction of sp³-hybridized carbons (Fsp3) is 0.292. The first-order valence-electron chi connectivity index (χ1n) is 10.3. The van der Waals surface area contributed by atoms with E-state index in [-0.39, 0.29) is 11.5 Å². The quantitative estimate of drug-likeness (QED) is 0.501. The molecule has 1 amide bonds. The summed E-state index contributed by atoms with van der Waals surface area (Å²) in [6, 6.07) is 15.2. The van der Waals surface area contributed by atoms with Gasteiger partial charge in [-0.05, 0) is 24.6 Å². The van der Waals surface area contributed by atoms with Crippen LogP contribution in [-0.4, -0.2) is 27.8 Å². The predicted octanol–water partition coefficient (Wildman–Crippen LogP) is 4.21. The van der Waals surface area contributed by atoms with E-state index in [0.717, 1.165) is 28.7 Å². The molecule has 30 heavy (non-hydrogen) atoms. The first-order valence-corrected chi connectivity index (χ1v) is 10.3. The molecule has 0 aliphatic rings. The molecule has 0 spiro atoms. The Morgan fingerprint density at radius 1 is 1.10 bits per heavy atom. The second kappa shape index (κ2) is 8.53. The molecule has 6 nitrogen and oxygen atoms in total. The van der Waals surface area contributed by atoms with Gasteiger partial charge in [-0.2, -0.15) is 0 Å². The molecule has 0 bridgehead atoms. The molecular formula is C24H25N3O3. The Bertz CT molecular complexity index is 1260. The molecule has 0 radical (unpaired) electrons. The number of carbonyl (C=O) groups is 1. The van der Waals surface area contributed by atoms with Crippen LogP contribution < -0.4 is 5.56 Å². The minimum Gasteiger partial charge on any atom is -0.461 e. The maximum Gasteiger partial charge on any atom is 0.258 e. The Morgan fingerprint density at radius 3 is 2.63 bits per heavy atom. The van der Waals surface area contributed by atoms with Gasteiger partial charge in [0.15, 0.2) is 0 Å². The van der Waals surface area contributed by atoms with Gasteiger partial charge >= 0.3 is 0 Å². The zero-order chi connectivity index (χ0) is 21.1. The van der Waals surface area contributed by atoms with Gasteiger partial charge < -0.3 is 14.3 Å². The molecule has 0 saturated carbocycles. The average Bonchev–Trinajstić information content (AvgIpc) is 3.11. The van der Waals surface area contributed by atoms with Gasteiger partial charge in [-0.25, -0.2) is 4.98 Å². The molecule has 0 saturated heterocycles. The van der Waals surface area contributed by atoms with E-state index in [1.807, 2.05) is 49.5 Å².